The van der Waals surface area contributed by atoms with E-state index in [2.05, 4.69) is 9.62 Å². The number of amides is 1. The number of piperazine rings is 1. The van der Waals surface area contributed by atoms with Gasteiger partial charge in [-0.2, -0.15) is 4.72 Å². The summed E-state index contributed by atoms with van der Waals surface area (Å²) in [6.07, 6.45) is 0. The zero-order valence-corrected chi connectivity index (χ0v) is 18.9. The molecule has 0 unspecified atom stereocenters. The normalized spacial score (nSPS) is 15.5. The van der Waals surface area contributed by atoms with Crippen LogP contribution >= 0.6 is 0 Å². The number of methoxy groups -OCH3 is 1. The highest BCUT2D eigenvalue weighted by Crippen LogP contribution is 2.21. The number of nitrogens with one attached hydrogen (secondary N) is 1. The molecule has 168 valence electrons. The standard InChI is InChI=1S/C22H29N3O5S/c1-4-30-20-9-11-21(12-10-20)31(27,28)23-17(2)22(26)25-15-13-24(14-16-25)18-5-7-19(29-3)8-6-18/h5-12,17,23H,4,13-16H2,1-3H3/t17-/m1/s1. The first-order chi connectivity index (χ1) is 14.8. The van der Waals surface area contributed by atoms with E-state index in [9.17, 15) is 13.2 Å². The average Bonchev–Trinajstić information content (AvgIpc) is 2.79. The number of rotatable bonds is 8. The third-order valence-corrected chi connectivity index (χ3v) is 6.73. The lowest BCUT2D eigenvalue weighted by atomic mass is 10.2. The van der Waals surface area contributed by atoms with E-state index in [1.807, 2.05) is 31.2 Å². The van der Waals surface area contributed by atoms with Gasteiger partial charge in [-0.3, -0.25) is 4.79 Å². The molecule has 1 amide bonds. The Bertz CT molecular complexity index is 969. The molecule has 0 bridgehead atoms. The van der Waals surface area contributed by atoms with Crippen LogP contribution in [0.15, 0.2) is 53.4 Å². The minimum Gasteiger partial charge on any atom is -0.497 e. The third kappa shape index (κ3) is 5.68. The molecule has 31 heavy (non-hydrogen) atoms. The molecule has 1 saturated heterocycles. The van der Waals surface area contributed by atoms with Gasteiger partial charge in [-0.05, 0) is 62.4 Å². The second-order valence-electron chi connectivity index (χ2n) is 7.26. The van der Waals surface area contributed by atoms with Gasteiger partial charge in [-0.25, -0.2) is 8.42 Å². The Balaban J connectivity index is 1.56. The maximum Gasteiger partial charge on any atom is 0.241 e. The number of hydrogen-bond acceptors (Lipinski definition) is 6. The summed E-state index contributed by atoms with van der Waals surface area (Å²) in [5.74, 6) is 1.16. The summed E-state index contributed by atoms with van der Waals surface area (Å²) < 4.78 is 38.3. The molecule has 3 rings (SSSR count). The van der Waals surface area contributed by atoms with E-state index in [-0.39, 0.29) is 10.8 Å². The average molecular weight is 448 g/mol. The Morgan fingerprint density at radius 3 is 2.13 bits per heavy atom. The van der Waals surface area contributed by atoms with Crippen LogP contribution in [0.3, 0.4) is 0 Å². The number of ether oxygens (including phenoxy) is 2. The molecule has 0 aromatic heterocycles. The summed E-state index contributed by atoms with van der Waals surface area (Å²) in [5.41, 5.74) is 1.07. The van der Waals surface area contributed by atoms with Crippen molar-refractivity contribution in [3.8, 4) is 11.5 Å². The van der Waals surface area contributed by atoms with E-state index >= 15 is 0 Å². The number of anilines is 1. The van der Waals surface area contributed by atoms with Crippen LogP contribution in [0.25, 0.3) is 0 Å². The van der Waals surface area contributed by atoms with Crippen LogP contribution in [0.2, 0.25) is 0 Å². The number of carbonyl (C=O) groups is 1. The van der Waals surface area contributed by atoms with Crippen molar-refractivity contribution in [1.29, 1.82) is 0 Å². The largest absolute Gasteiger partial charge is 0.497 e. The van der Waals surface area contributed by atoms with E-state index in [0.29, 0.717) is 38.5 Å². The molecule has 1 atom stereocenters. The van der Waals surface area contributed by atoms with Crippen LogP contribution in [0.5, 0.6) is 11.5 Å². The molecule has 1 N–H and O–H groups in total. The van der Waals surface area contributed by atoms with Crippen LogP contribution in [0, 0.1) is 0 Å². The molecule has 0 saturated carbocycles. The topological polar surface area (TPSA) is 88.2 Å². The van der Waals surface area contributed by atoms with Gasteiger partial charge in [0, 0.05) is 31.9 Å². The number of nitrogens with zero attached hydrogens (tertiary/aromatic N) is 2. The van der Waals surface area contributed by atoms with Gasteiger partial charge in [0.25, 0.3) is 0 Å². The second-order valence-corrected chi connectivity index (χ2v) is 8.97. The summed E-state index contributed by atoms with van der Waals surface area (Å²) >= 11 is 0. The smallest absolute Gasteiger partial charge is 0.241 e. The molecule has 9 heteroatoms. The lowest BCUT2D eigenvalue weighted by molar-refractivity contribution is -0.132. The van der Waals surface area contributed by atoms with Crippen molar-refractivity contribution in [2.45, 2.75) is 24.8 Å². The highest BCUT2D eigenvalue weighted by atomic mass is 32.2. The molecule has 1 fully saturated rings. The Hall–Kier alpha value is -2.78. The highest BCUT2D eigenvalue weighted by molar-refractivity contribution is 7.89. The van der Waals surface area contributed by atoms with Crippen molar-refractivity contribution in [3.63, 3.8) is 0 Å². The van der Waals surface area contributed by atoms with E-state index < -0.39 is 16.1 Å². The van der Waals surface area contributed by atoms with Crippen molar-refractivity contribution in [2.75, 3.05) is 44.8 Å². The van der Waals surface area contributed by atoms with E-state index in [0.717, 1.165) is 11.4 Å². The molecule has 2 aromatic carbocycles. The van der Waals surface area contributed by atoms with Crippen LogP contribution in [0.4, 0.5) is 5.69 Å². The highest BCUT2D eigenvalue weighted by Gasteiger charge is 2.28. The minimum absolute atomic E-state index is 0.0972. The maximum atomic E-state index is 12.8. The van der Waals surface area contributed by atoms with Crippen molar-refractivity contribution >= 4 is 21.6 Å². The Kier molecular flexibility index (Phi) is 7.40. The van der Waals surface area contributed by atoms with Gasteiger partial charge in [0.05, 0.1) is 24.7 Å². The second kappa shape index (κ2) is 10.0. The lowest BCUT2D eigenvalue weighted by Gasteiger charge is -2.37. The number of hydrogen-bond donors (Lipinski definition) is 1. The molecule has 0 aliphatic carbocycles. The fourth-order valence-corrected chi connectivity index (χ4v) is 4.68. The maximum absolute atomic E-state index is 12.8. The van der Waals surface area contributed by atoms with Crippen LogP contribution in [-0.2, 0) is 14.8 Å². The quantitative estimate of drug-likeness (QED) is 0.667. The monoisotopic (exact) mass is 447 g/mol. The molecule has 8 nitrogen and oxygen atoms in total. The molecule has 1 aliphatic heterocycles. The first kappa shape index (κ1) is 22.9. The molecule has 1 aliphatic rings. The molecule has 1 heterocycles. The first-order valence-corrected chi connectivity index (χ1v) is 11.8. The van der Waals surface area contributed by atoms with Gasteiger partial charge in [-0.15, -0.1) is 0 Å². The zero-order chi connectivity index (χ0) is 22.4. The Morgan fingerprint density at radius 2 is 1.58 bits per heavy atom. The van der Waals surface area contributed by atoms with Gasteiger partial charge >= 0.3 is 0 Å². The van der Waals surface area contributed by atoms with Gasteiger partial charge in [0.2, 0.25) is 15.9 Å². The lowest BCUT2D eigenvalue weighted by Crippen LogP contribution is -2.54. The minimum atomic E-state index is -3.81. The van der Waals surface area contributed by atoms with Crippen LogP contribution < -0.4 is 19.1 Å². The predicted molar refractivity (Wildman–Crippen MR) is 119 cm³/mol. The molecular formula is C22H29N3O5S. The number of sulfonamides is 1. The summed E-state index contributed by atoms with van der Waals surface area (Å²) in [6, 6.07) is 13.1. The van der Waals surface area contributed by atoms with Crippen molar-refractivity contribution in [1.82, 2.24) is 9.62 Å². The van der Waals surface area contributed by atoms with Crippen molar-refractivity contribution in [2.24, 2.45) is 0 Å². The fraction of sp³-hybridized carbons (Fsp3) is 0.409. The third-order valence-electron chi connectivity index (χ3n) is 5.18. The summed E-state index contributed by atoms with van der Waals surface area (Å²) in [6.45, 7) is 6.34. The Morgan fingerprint density at radius 1 is 1.00 bits per heavy atom. The summed E-state index contributed by atoms with van der Waals surface area (Å²) in [7, 11) is -2.18. The molecule has 0 radical (unpaired) electrons. The molecule has 2 aromatic rings. The van der Waals surface area contributed by atoms with Gasteiger partial charge in [0.1, 0.15) is 11.5 Å². The molecular weight excluding hydrogens is 418 g/mol. The number of benzene rings is 2. The predicted octanol–water partition coefficient (Wildman–Crippen LogP) is 2.11. The number of carbonyl (C=O) groups excluding carboxylic acids is 1. The van der Waals surface area contributed by atoms with E-state index in [1.165, 1.54) is 12.1 Å². The van der Waals surface area contributed by atoms with E-state index in [1.54, 1.807) is 31.1 Å². The zero-order valence-electron chi connectivity index (χ0n) is 18.1. The summed E-state index contributed by atoms with van der Waals surface area (Å²) in [5, 5.41) is 0. The van der Waals surface area contributed by atoms with Crippen LogP contribution in [-0.4, -0.2) is 65.2 Å². The first-order valence-electron chi connectivity index (χ1n) is 10.3. The SMILES string of the molecule is CCOc1ccc(S(=O)(=O)N[C@H](C)C(=O)N2CCN(c3ccc(OC)cc3)CC2)cc1. The molecule has 0 spiro atoms. The van der Waals surface area contributed by atoms with Crippen molar-refractivity contribution < 1.29 is 22.7 Å². The van der Waals surface area contributed by atoms with Crippen LogP contribution in [0.1, 0.15) is 13.8 Å². The Labute approximate surface area is 183 Å². The van der Waals surface area contributed by atoms with Gasteiger partial charge in [0.15, 0.2) is 0 Å². The van der Waals surface area contributed by atoms with Gasteiger partial charge in [-0.1, -0.05) is 0 Å². The summed E-state index contributed by atoms with van der Waals surface area (Å²) in [4.78, 5) is 16.8. The van der Waals surface area contributed by atoms with Crippen molar-refractivity contribution in [3.05, 3.63) is 48.5 Å². The van der Waals surface area contributed by atoms with E-state index in [4.69, 9.17) is 9.47 Å². The fourth-order valence-electron chi connectivity index (χ4n) is 3.48. The van der Waals surface area contributed by atoms with Gasteiger partial charge < -0.3 is 19.3 Å².